The van der Waals surface area contributed by atoms with Crippen LogP contribution in [0.25, 0.3) is 16.6 Å². The first-order valence-electron chi connectivity index (χ1n) is 9.87. The van der Waals surface area contributed by atoms with Crippen LogP contribution in [0.1, 0.15) is 31.4 Å². The van der Waals surface area contributed by atoms with Crippen molar-refractivity contribution in [2.75, 3.05) is 10.6 Å². The van der Waals surface area contributed by atoms with E-state index in [0.29, 0.717) is 12.1 Å². The number of nitrogens with one attached hydrogen (secondary N) is 3. The summed E-state index contributed by atoms with van der Waals surface area (Å²) in [7, 11) is 0. The maximum absolute atomic E-state index is 6.03. The van der Waals surface area contributed by atoms with Crippen LogP contribution in [0.3, 0.4) is 0 Å². The zero-order chi connectivity index (χ0) is 19.1. The number of aromatic amines is 1. The maximum atomic E-state index is 6.03. The largest absolute Gasteiger partial charge is 0.366 e. The molecule has 7 nitrogen and oxygen atoms in total. The van der Waals surface area contributed by atoms with Crippen molar-refractivity contribution in [3.8, 4) is 0 Å². The normalized spacial score (nSPS) is 19.9. The van der Waals surface area contributed by atoms with Crippen molar-refractivity contribution in [3.05, 3.63) is 48.4 Å². The molecule has 5 N–H and O–H groups in total. The van der Waals surface area contributed by atoms with Crippen LogP contribution in [0.5, 0.6) is 0 Å². The minimum atomic E-state index is 0.339. The van der Waals surface area contributed by atoms with E-state index in [4.69, 9.17) is 5.73 Å². The van der Waals surface area contributed by atoms with E-state index < -0.39 is 0 Å². The number of hydrogen-bond donors (Lipinski definition) is 4. The lowest BCUT2D eigenvalue weighted by Gasteiger charge is -2.27. The van der Waals surface area contributed by atoms with Crippen molar-refractivity contribution >= 4 is 33.7 Å². The minimum absolute atomic E-state index is 0.339. The Morgan fingerprint density at radius 3 is 2.86 bits per heavy atom. The van der Waals surface area contributed by atoms with Crippen LogP contribution in [-0.2, 0) is 0 Å². The number of fused-ring (bicyclic) bond motifs is 2. The van der Waals surface area contributed by atoms with Gasteiger partial charge in [0.25, 0.3) is 0 Å². The van der Waals surface area contributed by atoms with Crippen LogP contribution in [0.4, 0.5) is 17.2 Å². The number of imidazole rings is 1. The van der Waals surface area contributed by atoms with Gasteiger partial charge in [-0.25, -0.2) is 9.50 Å². The molecule has 0 amide bonds. The van der Waals surface area contributed by atoms with Gasteiger partial charge in [0, 0.05) is 52.8 Å². The van der Waals surface area contributed by atoms with Gasteiger partial charge in [-0.3, -0.25) is 0 Å². The maximum Gasteiger partial charge on any atom is 0.177 e. The molecule has 1 aromatic carbocycles. The van der Waals surface area contributed by atoms with Gasteiger partial charge in [0.1, 0.15) is 5.82 Å². The van der Waals surface area contributed by atoms with Crippen LogP contribution in [0.15, 0.2) is 42.7 Å². The molecule has 28 heavy (non-hydrogen) atoms. The Balaban J connectivity index is 1.44. The second-order valence-electron chi connectivity index (χ2n) is 7.77. The van der Waals surface area contributed by atoms with Crippen LogP contribution in [0.2, 0.25) is 0 Å². The fourth-order valence-electron chi connectivity index (χ4n) is 4.06. The van der Waals surface area contributed by atoms with Gasteiger partial charge in [-0.05, 0) is 56.9 Å². The van der Waals surface area contributed by atoms with Gasteiger partial charge in [0.15, 0.2) is 5.65 Å². The monoisotopic (exact) mass is 375 g/mol. The highest BCUT2D eigenvalue weighted by Crippen LogP contribution is 2.27. The topological polar surface area (TPSA) is 96.1 Å². The summed E-state index contributed by atoms with van der Waals surface area (Å²) >= 11 is 0. The molecule has 0 bridgehead atoms. The molecular formula is C21H25N7. The molecule has 3 heterocycles. The molecule has 0 spiro atoms. The quantitative estimate of drug-likeness (QED) is 0.433. The molecule has 1 saturated carbocycles. The third-order valence-corrected chi connectivity index (χ3v) is 5.52. The number of aryl methyl sites for hydroxylation is 1. The molecule has 144 valence electrons. The highest BCUT2D eigenvalue weighted by molar-refractivity contribution is 5.86. The Morgan fingerprint density at radius 1 is 1.14 bits per heavy atom. The van der Waals surface area contributed by atoms with Crippen molar-refractivity contribution < 1.29 is 0 Å². The van der Waals surface area contributed by atoms with Gasteiger partial charge in [-0.1, -0.05) is 0 Å². The Labute approximate surface area is 163 Å². The van der Waals surface area contributed by atoms with E-state index >= 15 is 0 Å². The first-order chi connectivity index (χ1) is 13.6. The highest BCUT2D eigenvalue weighted by atomic mass is 15.3. The van der Waals surface area contributed by atoms with E-state index in [1.165, 1.54) is 5.39 Å². The summed E-state index contributed by atoms with van der Waals surface area (Å²) in [5.41, 5.74) is 11.1. The average Bonchev–Trinajstić information content (AvgIpc) is 3.29. The third kappa shape index (κ3) is 3.29. The first kappa shape index (κ1) is 17.1. The highest BCUT2D eigenvalue weighted by Gasteiger charge is 2.19. The van der Waals surface area contributed by atoms with Crippen molar-refractivity contribution in [1.82, 2.24) is 19.6 Å². The fourth-order valence-corrected chi connectivity index (χ4v) is 4.06. The molecule has 0 unspecified atom stereocenters. The smallest absolute Gasteiger partial charge is 0.177 e. The predicted molar refractivity (Wildman–Crippen MR) is 113 cm³/mol. The van der Waals surface area contributed by atoms with Gasteiger partial charge in [-0.15, -0.1) is 5.10 Å². The SMILES string of the molecule is Cc1cc2cc(Nc3cc(NC4CCC(N)CC4)nn4ccnc34)ccc2[nH]1. The lowest BCUT2D eigenvalue weighted by atomic mass is 9.92. The molecule has 4 aromatic rings. The molecule has 0 aliphatic heterocycles. The number of H-pyrrole nitrogens is 1. The lowest BCUT2D eigenvalue weighted by Crippen LogP contribution is -2.33. The number of rotatable bonds is 4. The molecule has 1 aliphatic rings. The number of hydrogen-bond acceptors (Lipinski definition) is 5. The minimum Gasteiger partial charge on any atom is -0.366 e. The standard InChI is InChI=1S/C21H25N7/c1-13-10-14-11-17(6-7-18(14)24-13)25-19-12-20(27-28-9-8-23-21(19)28)26-16-4-2-15(22)3-5-16/h6-12,15-16,24-25H,2-5,22H2,1H3,(H,26,27). The number of aromatic nitrogens is 4. The summed E-state index contributed by atoms with van der Waals surface area (Å²) in [6.45, 7) is 2.07. The molecule has 0 radical (unpaired) electrons. The van der Waals surface area contributed by atoms with Crippen LogP contribution in [0, 0.1) is 6.92 Å². The number of nitrogens with two attached hydrogens (primary N) is 1. The molecular weight excluding hydrogens is 350 g/mol. The number of nitrogens with zero attached hydrogens (tertiary/aromatic N) is 3. The summed E-state index contributed by atoms with van der Waals surface area (Å²) < 4.78 is 1.82. The van der Waals surface area contributed by atoms with Crippen molar-refractivity contribution in [2.45, 2.75) is 44.7 Å². The second kappa shape index (κ2) is 6.83. The molecule has 5 rings (SSSR count). The zero-order valence-electron chi connectivity index (χ0n) is 15.9. The van der Waals surface area contributed by atoms with Crippen molar-refractivity contribution in [3.63, 3.8) is 0 Å². The molecule has 0 atom stereocenters. The second-order valence-corrected chi connectivity index (χ2v) is 7.77. The third-order valence-electron chi connectivity index (χ3n) is 5.52. The van der Waals surface area contributed by atoms with Crippen LogP contribution >= 0.6 is 0 Å². The van der Waals surface area contributed by atoms with E-state index in [1.54, 1.807) is 6.20 Å². The lowest BCUT2D eigenvalue weighted by molar-refractivity contribution is 0.410. The molecule has 7 heteroatoms. The van der Waals surface area contributed by atoms with E-state index in [1.807, 2.05) is 16.8 Å². The molecule has 3 aromatic heterocycles. The Hall–Kier alpha value is -3.06. The van der Waals surface area contributed by atoms with E-state index in [9.17, 15) is 0 Å². The predicted octanol–water partition coefficient (Wildman–Crippen LogP) is 3.94. The van der Waals surface area contributed by atoms with Crippen molar-refractivity contribution in [2.24, 2.45) is 5.73 Å². The Morgan fingerprint density at radius 2 is 2.00 bits per heavy atom. The number of benzene rings is 1. The average molecular weight is 375 g/mol. The van der Waals surface area contributed by atoms with E-state index in [0.717, 1.165) is 59.7 Å². The van der Waals surface area contributed by atoms with Gasteiger partial charge in [0.05, 0.1) is 5.69 Å². The van der Waals surface area contributed by atoms with Crippen LogP contribution < -0.4 is 16.4 Å². The summed E-state index contributed by atoms with van der Waals surface area (Å²) in [6.07, 6.45) is 7.93. The first-order valence-corrected chi connectivity index (χ1v) is 9.87. The van der Waals surface area contributed by atoms with Gasteiger partial charge < -0.3 is 21.4 Å². The molecule has 1 fully saturated rings. The zero-order valence-corrected chi connectivity index (χ0v) is 15.9. The fraction of sp³-hybridized carbons (Fsp3) is 0.333. The van der Waals surface area contributed by atoms with Gasteiger partial charge in [-0.2, -0.15) is 0 Å². The van der Waals surface area contributed by atoms with Crippen molar-refractivity contribution in [1.29, 1.82) is 0 Å². The molecule has 0 saturated heterocycles. The molecule has 1 aliphatic carbocycles. The number of anilines is 3. The van der Waals surface area contributed by atoms with E-state index in [-0.39, 0.29) is 0 Å². The van der Waals surface area contributed by atoms with E-state index in [2.05, 4.69) is 56.9 Å². The summed E-state index contributed by atoms with van der Waals surface area (Å²) in [5.74, 6) is 0.854. The summed E-state index contributed by atoms with van der Waals surface area (Å²) in [6, 6.07) is 11.3. The summed E-state index contributed by atoms with van der Waals surface area (Å²) in [4.78, 5) is 7.83. The summed E-state index contributed by atoms with van der Waals surface area (Å²) in [5, 5.41) is 13.0. The van der Waals surface area contributed by atoms with Gasteiger partial charge in [0.2, 0.25) is 0 Å². The van der Waals surface area contributed by atoms with Crippen LogP contribution in [-0.4, -0.2) is 31.7 Å². The van der Waals surface area contributed by atoms with Gasteiger partial charge >= 0.3 is 0 Å². The Kier molecular flexibility index (Phi) is 4.16. The Bertz CT molecular complexity index is 1120.